The fraction of sp³-hybridized carbons (Fsp3) is 0.438. The Morgan fingerprint density at radius 3 is 2.88 bits per heavy atom. The number of nitrogens with zero attached hydrogens (tertiary/aromatic N) is 3. The van der Waals surface area contributed by atoms with E-state index >= 15 is 0 Å². The van der Waals surface area contributed by atoms with Crippen molar-refractivity contribution in [2.75, 3.05) is 18.7 Å². The monoisotopic (exact) mass is 349 g/mol. The molecule has 0 bridgehead atoms. The lowest BCUT2D eigenvalue weighted by atomic mass is 10.2. The van der Waals surface area contributed by atoms with E-state index in [1.807, 2.05) is 31.2 Å². The van der Waals surface area contributed by atoms with Crippen LogP contribution in [0.25, 0.3) is 11.4 Å². The first kappa shape index (κ1) is 18.1. The zero-order valence-corrected chi connectivity index (χ0v) is 15.0. The van der Waals surface area contributed by atoms with Gasteiger partial charge in [-0.1, -0.05) is 37.2 Å². The molecule has 0 aliphatic heterocycles. The van der Waals surface area contributed by atoms with Crippen molar-refractivity contribution in [2.45, 2.75) is 37.9 Å². The van der Waals surface area contributed by atoms with E-state index in [1.165, 1.54) is 16.4 Å². The number of benzene rings is 1. The van der Waals surface area contributed by atoms with Crippen molar-refractivity contribution in [3.63, 3.8) is 0 Å². The van der Waals surface area contributed by atoms with Gasteiger partial charge in [0.15, 0.2) is 5.82 Å². The summed E-state index contributed by atoms with van der Waals surface area (Å²) in [6.45, 7) is 4.09. The Balaban J connectivity index is 2.04. The van der Waals surface area contributed by atoms with Gasteiger partial charge in [-0.3, -0.25) is 4.79 Å². The quantitative estimate of drug-likeness (QED) is 0.559. The second kappa shape index (κ2) is 8.58. The smallest absolute Gasteiger partial charge is 0.230 e. The van der Waals surface area contributed by atoms with Crippen molar-refractivity contribution < 1.29 is 9.53 Å². The molecule has 0 saturated carbocycles. The van der Waals surface area contributed by atoms with Crippen molar-refractivity contribution in [3.8, 4) is 17.1 Å². The summed E-state index contributed by atoms with van der Waals surface area (Å²) in [6.07, 6.45) is 2.00. The van der Waals surface area contributed by atoms with E-state index in [1.54, 1.807) is 7.11 Å². The van der Waals surface area contributed by atoms with Crippen LogP contribution in [0, 0.1) is 0 Å². The molecule has 2 rings (SSSR count). The average molecular weight is 349 g/mol. The van der Waals surface area contributed by atoms with Crippen LogP contribution in [-0.4, -0.2) is 39.7 Å². The third-order valence-corrected chi connectivity index (χ3v) is 4.42. The number of amides is 1. The predicted octanol–water partition coefficient (Wildman–Crippen LogP) is 2.06. The molecule has 1 atom stereocenters. The number of hydrogen-bond acceptors (Lipinski definition) is 6. The number of para-hydroxylation sites is 1. The molecule has 1 amide bonds. The number of methoxy groups -OCH3 is 1. The summed E-state index contributed by atoms with van der Waals surface area (Å²) in [6, 6.07) is 7.61. The van der Waals surface area contributed by atoms with Gasteiger partial charge in [0.2, 0.25) is 11.1 Å². The summed E-state index contributed by atoms with van der Waals surface area (Å²) in [5.41, 5.74) is 0.753. The number of rotatable bonds is 8. The van der Waals surface area contributed by atoms with Gasteiger partial charge in [0.05, 0.1) is 18.4 Å². The summed E-state index contributed by atoms with van der Waals surface area (Å²) < 4.78 is 6.70. The van der Waals surface area contributed by atoms with Crippen LogP contribution in [0.15, 0.2) is 29.4 Å². The third kappa shape index (κ3) is 4.41. The highest BCUT2D eigenvalue weighted by Gasteiger charge is 2.17. The van der Waals surface area contributed by atoms with E-state index in [0.29, 0.717) is 16.7 Å². The first-order chi connectivity index (χ1) is 11.6. The first-order valence-electron chi connectivity index (χ1n) is 7.82. The second-order valence-corrected chi connectivity index (χ2v) is 6.36. The van der Waals surface area contributed by atoms with E-state index in [4.69, 9.17) is 10.6 Å². The molecule has 0 aliphatic carbocycles. The lowest BCUT2D eigenvalue weighted by molar-refractivity contribution is -0.119. The van der Waals surface area contributed by atoms with Gasteiger partial charge in [-0.15, -0.1) is 10.2 Å². The number of carbonyl (C=O) groups excluding carboxylic acids is 1. The largest absolute Gasteiger partial charge is 0.496 e. The minimum Gasteiger partial charge on any atom is -0.496 e. The Bertz CT molecular complexity index is 689. The molecule has 0 fully saturated rings. The lowest BCUT2D eigenvalue weighted by Gasteiger charge is -2.12. The van der Waals surface area contributed by atoms with E-state index < -0.39 is 0 Å². The van der Waals surface area contributed by atoms with Crippen molar-refractivity contribution in [2.24, 2.45) is 0 Å². The fourth-order valence-corrected chi connectivity index (χ4v) is 3.01. The third-order valence-electron chi connectivity index (χ3n) is 3.47. The molecule has 130 valence electrons. The Morgan fingerprint density at radius 2 is 2.17 bits per heavy atom. The maximum Gasteiger partial charge on any atom is 0.230 e. The number of nitrogens with one attached hydrogen (secondary N) is 1. The zero-order chi connectivity index (χ0) is 17.5. The highest BCUT2D eigenvalue weighted by Crippen LogP contribution is 2.29. The van der Waals surface area contributed by atoms with Crippen LogP contribution in [0.5, 0.6) is 5.75 Å². The molecule has 0 radical (unpaired) electrons. The molecular formula is C16H23N5O2S. The van der Waals surface area contributed by atoms with Crippen LogP contribution in [0.2, 0.25) is 0 Å². The van der Waals surface area contributed by atoms with E-state index in [9.17, 15) is 4.79 Å². The Kier molecular flexibility index (Phi) is 6.48. The number of nitrogens with two attached hydrogens (primary N) is 1. The average Bonchev–Trinajstić information content (AvgIpc) is 2.93. The maximum absolute atomic E-state index is 11.9. The number of ether oxygens (including phenoxy) is 1. The number of aromatic nitrogens is 3. The van der Waals surface area contributed by atoms with Crippen LogP contribution in [0.3, 0.4) is 0 Å². The number of hydrogen-bond donors (Lipinski definition) is 2. The standard InChI is InChI=1S/C16H23N5O2S/c1-4-7-11(2)18-14(22)10-24-16-20-19-15(21(16)17)12-8-5-6-9-13(12)23-3/h5-6,8-9,11H,4,7,10,17H2,1-3H3,(H,18,22)/t11-/m1/s1. The molecule has 0 unspecified atom stereocenters. The Labute approximate surface area is 145 Å². The molecule has 1 aromatic heterocycles. The SMILES string of the molecule is CCC[C@@H](C)NC(=O)CSc1nnc(-c2ccccc2OC)n1N. The van der Waals surface area contributed by atoms with Crippen molar-refractivity contribution in [1.82, 2.24) is 20.2 Å². The van der Waals surface area contributed by atoms with Gasteiger partial charge in [-0.25, -0.2) is 4.68 Å². The predicted molar refractivity (Wildman–Crippen MR) is 95.4 cm³/mol. The van der Waals surface area contributed by atoms with Crippen molar-refractivity contribution in [1.29, 1.82) is 0 Å². The van der Waals surface area contributed by atoms with Gasteiger partial charge >= 0.3 is 0 Å². The first-order valence-corrected chi connectivity index (χ1v) is 8.81. The minimum absolute atomic E-state index is 0.0391. The van der Waals surface area contributed by atoms with E-state index in [2.05, 4.69) is 22.4 Å². The van der Waals surface area contributed by atoms with Crippen LogP contribution >= 0.6 is 11.8 Å². The summed E-state index contributed by atoms with van der Waals surface area (Å²) in [4.78, 5) is 11.9. The van der Waals surface area contributed by atoms with Crippen LogP contribution in [0.4, 0.5) is 0 Å². The lowest BCUT2D eigenvalue weighted by Crippen LogP contribution is -2.33. The molecular weight excluding hydrogens is 326 g/mol. The van der Waals surface area contributed by atoms with Crippen LogP contribution < -0.4 is 15.9 Å². The normalized spacial score (nSPS) is 12.0. The molecule has 8 heteroatoms. The Morgan fingerprint density at radius 1 is 1.42 bits per heavy atom. The van der Waals surface area contributed by atoms with E-state index in [0.717, 1.165) is 18.4 Å². The van der Waals surface area contributed by atoms with E-state index in [-0.39, 0.29) is 17.7 Å². The number of thioether (sulfide) groups is 1. The van der Waals surface area contributed by atoms with Gasteiger partial charge in [-0.2, -0.15) is 0 Å². The molecule has 1 aromatic carbocycles. The van der Waals surface area contributed by atoms with Gasteiger partial charge in [0, 0.05) is 6.04 Å². The molecule has 24 heavy (non-hydrogen) atoms. The number of carbonyl (C=O) groups is 1. The van der Waals surface area contributed by atoms with Gasteiger partial charge < -0.3 is 15.9 Å². The molecule has 0 spiro atoms. The van der Waals surface area contributed by atoms with Gasteiger partial charge in [0.25, 0.3) is 0 Å². The molecule has 0 saturated heterocycles. The summed E-state index contributed by atoms with van der Waals surface area (Å²) in [5.74, 6) is 7.45. The number of nitrogen functional groups attached to an aromatic ring is 1. The second-order valence-electron chi connectivity index (χ2n) is 5.42. The molecule has 0 aliphatic rings. The van der Waals surface area contributed by atoms with Crippen molar-refractivity contribution in [3.05, 3.63) is 24.3 Å². The zero-order valence-electron chi connectivity index (χ0n) is 14.2. The van der Waals surface area contributed by atoms with Crippen molar-refractivity contribution >= 4 is 17.7 Å². The highest BCUT2D eigenvalue weighted by atomic mass is 32.2. The highest BCUT2D eigenvalue weighted by molar-refractivity contribution is 7.99. The molecule has 3 N–H and O–H groups in total. The summed E-state index contributed by atoms with van der Waals surface area (Å²) >= 11 is 1.26. The minimum atomic E-state index is -0.0391. The maximum atomic E-state index is 11.9. The topological polar surface area (TPSA) is 95.1 Å². The summed E-state index contributed by atoms with van der Waals surface area (Å²) in [7, 11) is 1.59. The van der Waals surface area contributed by atoms with Gasteiger partial charge in [0.1, 0.15) is 5.75 Å². The fourth-order valence-electron chi connectivity index (χ4n) is 2.34. The Hall–Kier alpha value is -2.22. The molecule has 7 nitrogen and oxygen atoms in total. The summed E-state index contributed by atoms with van der Waals surface area (Å²) in [5, 5.41) is 11.6. The van der Waals surface area contributed by atoms with Gasteiger partial charge in [-0.05, 0) is 25.5 Å². The molecule has 1 heterocycles. The van der Waals surface area contributed by atoms with Crippen LogP contribution in [-0.2, 0) is 4.79 Å². The van der Waals surface area contributed by atoms with Crippen LogP contribution in [0.1, 0.15) is 26.7 Å². The molecule has 2 aromatic rings.